The van der Waals surface area contributed by atoms with Crippen molar-refractivity contribution in [3.63, 3.8) is 0 Å². The minimum absolute atomic E-state index is 0.00782. The highest BCUT2D eigenvalue weighted by molar-refractivity contribution is 9.10. The predicted octanol–water partition coefficient (Wildman–Crippen LogP) is 1.89. The summed E-state index contributed by atoms with van der Waals surface area (Å²) in [5.74, 6) is 0.201. The Morgan fingerprint density at radius 2 is 2.27 bits per heavy atom. The van der Waals surface area contributed by atoms with Gasteiger partial charge in [-0.25, -0.2) is 18.4 Å². The van der Waals surface area contributed by atoms with E-state index in [-0.39, 0.29) is 16.7 Å². The molecule has 84 valence electrons. The van der Waals surface area contributed by atoms with Crippen LogP contribution in [0.15, 0.2) is 22.0 Å². The monoisotopic (exact) mass is 312 g/mol. The van der Waals surface area contributed by atoms with E-state index in [0.29, 0.717) is 10.4 Å². The van der Waals surface area contributed by atoms with Gasteiger partial charge in [-0.15, -0.1) is 11.6 Å². The van der Waals surface area contributed by atoms with Crippen molar-refractivity contribution < 1.29 is 8.42 Å². The smallest absolute Gasteiger partial charge is 0.197 e. The summed E-state index contributed by atoms with van der Waals surface area (Å²) in [6.07, 6.45) is 2.62. The lowest BCUT2D eigenvalue weighted by atomic mass is 10.3. The molecule has 4 nitrogen and oxygen atoms in total. The lowest BCUT2D eigenvalue weighted by Gasteiger charge is -2.08. The normalized spacial score (nSPS) is 13.8. The molecule has 0 aliphatic heterocycles. The Kier molecular flexibility index (Phi) is 4.48. The number of rotatable bonds is 4. The van der Waals surface area contributed by atoms with Crippen LogP contribution >= 0.6 is 27.5 Å². The average molecular weight is 314 g/mol. The number of halogens is 2. The molecule has 0 aromatic carbocycles. The summed E-state index contributed by atoms with van der Waals surface area (Å²) in [6, 6.07) is 0. The zero-order chi connectivity index (χ0) is 11.5. The van der Waals surface area contributed by atoms with Crippen molar-refractivity contribution in [2.45, 2.75) is 11.9 Å². The van der Waals surface area contributed by atoms with Gasteiger partial charge in [0.2, 0.25) is 0 Å². The van der Waals surface area contributed by atoms with Gasteiger partial charge < -0.3 is 0 Å². The Hall–Kier alpha value is -0.200. The van der Waals surface area contributed by atoms with Gasteiger partial charge in [0.05, 0.1) is 10.2 Å². The fourth-order valence-electron chi connectivity index (χ4n) is 1.03. The van der Waals surface area contributed by atoms with Gasteiger partial charge >= 0.3 is 0 Å². The van der Waals surface area contributed by atoms with Gasteiger partial charge in [-0.2, -0.15) is 0 Å². The first-order valence-corrected chi connectivity index (χ1v) is 7.19. The molecule has 0 N–H and O–H groups in total. The molecule has 0 amide bonds. The minimum atomic E-state index is -3.38. The highest BCUT2D eigenvalue weighted by Crippen LogP contribution is 2.20. The Bertz CT molecular complexity index is 438. The molecule has 0 saturated carbocycles. The summed E-state index contributed by atoms with van der Waals surface area (Å²) in [5, 5.41) is 0.0227. The molecule has 1 aromatic heterocycles. The lowest BCUT2D eigenvalue weighted by molar-refractivity contribution is 0.578. The van der Waals surface area contributed by atoms with Gasteiger partial charge in [0, 0.05) is 12.1 Å². The van der Waals surface area contributed by atoms with Crippen molar-refractivity contribution in [1.82, 2.24) is 9.97 Å². The van der Waals surface area contributed by atoms with Crippen molar-refractivity contribution in [2.75, 3.05) is 11.6 Å². The SMILES string of the molecule is CC(CCl)CS(=O)(=O)c1ncncc1Br. The van der Waals surface area contributed by atoms with Crippen LogP contribution in [0.2, 0.25) is 0 Å². The van der Waals surface area contributed by atoms with E-state index in [1.54, 1.807) is 6.92 Å². The van der Waals surface area contributed by atoms with Crippen molar-refractivity contribution in [1.29, 1.82) is 0 Å². The molecule has 0 radical (unpaired) electrons. The fraction of sp³-hybridized carbons (Fsp3) is 0.500. The number of alkyl halides is 1. The van der Waals surface area contributed by atoms with E-state index < -0.39 is 9.84 Å². The molecule has 0 aliphatic carbocycles. The van der Waals surface area contributed by atoms with Crippen LogP contribution in [-0.4, -0.2) is 30.0 Å². The summed E-state index contributed by atoms with van der Waals surface area (Å²) in [5.41, 5.74) is 0. The van der Waals surface area contributed by atoms with Crippen LogP contribution in [0, 0.1) is 5.92 Å². The van der Waals surface area contributed by atoms with E-state index in [0.717, 1.165) is 0 Å². The third-order valence-electron chi connectivity index (χ3n) is 1.70. The second-order valence-electron chi connectivity index (χ2n) is 3.22. The zero-order valence-electron chi connectivity index (χ0n) is 8.02. The molecule has 0 fully saturated rings. The molecular weight excluding hydrogens is 304 g/mol. The van der Waals surface area contributed by atoms with Gasteiger partial charge in [-0.05, 0) is 21.8 Å². The number of hydrogen-bond donors (Lipinski definition) is 0. The standard InChI is InChI=1S/C8H10BrClN2O2S/c1-6(2-10)4-15(13,14)8-7(9)3-11-5-12-8/h3,5-6H,2,4H2,1H3. The highest BCUT2D eigenvalue weighted by Gasteiger charge is 2.22. The third kappa shape index (κ3) is 3.39. The molecule has 0 aliphatic rings. The second-order valence-corrected chi connectivity index (χ2v) is 6.33. The predicted molar refractivity (Wildman–Crippen MR) is 61.7 cm³/mol. The summed E-state index contributed by atoms with van der Waals surface area (Å²) in [4.78, 5) is 7.46. The fourth-order valence-corrected chi connectivity index (χ4v) is 3.81. The number of aromatic nitrogens is 2. The first kappa shape index (κ1) is 12.9. The number of sulfone groups is 1. The van der Waals surface area contributed by atoms with Gasteiger partial charge in [0.1, 0.15) is 6.33 Å². The van der Waals surface area contributed by atoms with Crippen molar-refractivity contribution in [2.24, 2.45) is 5.92 Å². The van der Waals surface area contributed by atoms with Crippen molar-refractivity contribution in [3.05, 3.63) is 17.0 Å². The summed E-state index contributed by atoms with van der Waals surface area (Å²) in [7, 11) is -3.38. The number of nitrogens with zero attached hydrogens (tertiary/aromatic N) is 2. The molecule has 1 heterocycles. The van der Waals surface area contributed by atoms with Gasteiger partial charge in [-0.1, -0.05) is 6.92 Å². The van der Waals surface area contributed by atoms with Crippen molar-refractivity contribution >= 4 is 37.4 Å². The van der Waals surface area contributed by atoms with Crippen LogP contribution in [0.25, 0.3) is 0 Å². The maximum absolute atomic E-state index is 11.8. The molecular formula is C8H10BrClN2O2S. The van der Waals surface area contributed by atoms with Crippen LogP contribution in [-0.2, 0) is 9.84 Å². The van der Waals surface area contributed by atoms with Crippen LogP contribution in [0.5, 0.6) is 0 Å². The Morgan fingerprint density at radius 1 is 1.60 bits per heavy atom. The summed E-state index contributed by atoms with van der Waals surface area (Å²) >= 11 is 8.68. The highest BCUT2D eigenvalue weighted by atomic mass is 79.9. The van der Waals surface area contributed by atoms with Crippen LogP contribution in [0.3, 0.4) is 0 Å². The maximum Gasteiger partial charge on any atom is 0.197 e. The molecule has 0 spiro atoms. The second kappa shape index (κ2) is 5.23. The van der Waals surface area contributed by atoms with Crippen LogP contribution in [0.4, 0.5) is 0 Å². The lowest BCUT2D eigenvalue weighted by Crippen LogP contribution is -2.16. The van der Waals surface area contributed by atoms with E-state index >= 15 is 0 Å². The van der Waals surface area contributed by atoms with E-state index in [1.807, 2.05) is 0 Å². The van der Waals surface area contributed by atoms with Crippen LogP contribution in [0.1, 0.15) is 6.92 Å². The molecule has 1 atom stereocenters. The molecule has 7 heteroatoms. The molecule has 0 bridgehead atoms. The quantitative estimate of drug-likeness (QED) is 0.629. The van der Waals surface area contributed by atoms with Crippen LogP contribution < -0.4 is 0 Å². The topological polar surface area (TPSA) is 59.9 Å². The zero-order valence-corrected chi connectivity index (χ0v) is 11.2. The largest absolute Gasteiger partial charge is 0.244 e. The first-order chi connectivity index (χ1) is 6.97. The molecule has 1 unspecified atom stereocenters. The Balaban J connectivity index is 3.02. The first-order valence-electron chi connectivity index (χ1n) is 4.21. The average Bonchev–Trinajstić information content (AvgIpc) is 2.17. The van der Waals surface area contributed by atoms with Crippen molar-refractivity contribution in [3.8, 4) is 0 Å². The molecule has 1 rings (SSSR count). The van der Waals surface area contributed by atoms with E-state index in [1.165, 1.54) is 12.5 Å². The van der Waals surface area contributed by atoms with E-state index in [4.69, 9.17) is 11.6 Å². The Morgan fingerprint density at radius 3 is 2.80 bits per heavy atom. The van der Waals surface area contributed by atoms with E-state index in [2.05, 4.69) is 25.9 Å². The molecule has 15 heavy (non-hydrogen) atoms. The minimum Gasteiger partial charge on any atom is -0.244 e. The van der Waals surface area contributed by atoms with Gasteiger partial charge in [0.15, 0.2) is 14.9 Å². The van der Waals surface area contributed by atoms with Gasteiger partial charge in [-0.3, -0.25) is 0 Å². The van der Waals surface area contributed by atoms with E-state index in [9.17, 15) is 8.42 Å². The number of hydrogen-bond acceptors (Lipinski definition) is 4. The maximum atomic E-state index is 11.8. The third-order valence-corrected chi connectivity index (χ3v) is 4.99. The van der Waals surface area contributed by atoms with Gasteiger partial charge in [0.25, 0.3) is 0 Å². The molecule has 0 saturated heterocycles. The summed E-state index contributed by atoms with van der Waals surface area (Å²) < 4.78 is 24.1. The summed E-state index contributed by atoms with van der Waals surface area (Å²) in [6.45, 7) is 1.78. The Labute approximate surface area is 102 Å². The molecule has 1 aromatic rings.